The number of benzene rings is 1. The van der Waals surface area contributed by atoms with Crippen molar-refractivity contribution in [2.75, 3.05) is 20.3 Å². The fourth-order valence-electron chi connectivity index (χ4n) is 2.79. The van der Waals surface area contributed by atoms with Crippen molar-refractivity contribution in [1.82, 2.24) is 0 Å². The number of nitrogens with two attached hydrogens (primary N) is 1. The van der Waals surface area contributed by atoms with Gasteiger partial charge in [-0.25, -0.2) is 0 Å². The first-order valence-electron chi connectivity index (χ1n) is 6.94. The van der Waals surface area contributed by atoms with Crippen LogP contribution in [0.25, 0.3) is 0 Å². The summed E-state index contributed by atoms with van der Waals surface area (Å²) in [5, 5.41) is 0. The number of hydrogen-bond acceptors (Lipinski definition) is 4. The maximum absolute atomic E-state index is 6.46. The van der Waals surface area contributed by atoms with Crippen molar-refractivity contribution in [2.45, 2.75) is 37.3 Å². The van der Waals surface area contributed by atoms with Crippen LogP contribution < -0.4 is 15.2 Å². The van der Waals surface area contributed by atoms with E-state index in [0.29, 0.717) is 6.61 Å². The second-order valence-electron chi connectivity index (χ2n) is 5.45. The Bertz CT molecular complexity index is 451. The normalized spacial score (nSPS) is 24.8. The Hall–Kier alpha value is -1.26. The number of rotatable bonds is 4. The second-order valence-corrected chi connectivity index (χ2v) is 5.45. The van der Waals surface area contributed by atoms with Gasteiger partial charge in [0.1, 0.15) is 6.10 Å². The van der Waals surface area contributed by atoms with E-state index in [1.54, 1.807) is 7.11 Å². The monoisotopic (exact) mass is 263 g/mol. The minimum Gasteiger partial charge on any atom is -0.493 e. The lowest BCUT2D eigenvalue weighted by molar-refractivity contribution is 0.133. The maximum atomic E-state index is 6.46. The van der Waals surface area contributed by atoms with Crippen LogP contribution in [0.2, 0.25) is 0 Å². The molecule has 4 nitrogen and oxygen atoms in total. The Morgan fingerprint density at radius 1 is 1.37 bits per heavy atom. The van der Waals surface area contributed by atoms with E-state index >= 15 is 0 Å². The third-order valence-electron chi connectivity index (χ3n) is 4.15. The fraction of sp³-hybridized carbons (Fsp3) is 0.600. The summed E-state index contributed by atoms with van der Waals surface area (Å²) in [7, 11) is 1.67. The summed E-state index contributed by atoms with van der Waals surface area (Å²) >= 11 is 0. The predicted molar refractivity (Wildman–Crippen MR) is 72.6 cm³/mol. The summed E-state index contributed by atoms with van der Waals surface area (Å²) in [4.78, 5) is 0. The van der Waals surface area contributed by atoms with Gasteiger partial charge >= 0.3 is 0 Å². The summed E-state index contributed by atoms with van der Waals surface area (Å²) in [6.45, 7) is 1.41. The van der Waals surface area contributed by atoms with Gasteiger partial charge in [0.25, 0.3) is 0 Å². The van der Waals surface area contributed by atoms with Crippen molar-refractivity contribution < 1.29 is 14.2 Å². The van der Waals surface area contributed by atoms with Crippen LogP contribution in [0, 0.1) is 0 Å². The highest BCUT2D eigenvalue weighted by atomic mass is 16.6. The minimum absolute atomic E-state index is 0.110. The van der Waals surface area contributed by atoms with E-state index < -0.39 is 0 Å². The molecular weight excluding hydrogens is 242 g/mol. The molecule has 2 N–H and O–H groups in total. The first-order valence-corrected chi connectivity index (χ1v) is 6.94. The lowest BCUT2D eigenvalue weighted by atomic mass is 9.72. The molecule has 1 aliphatic carbocycles. The lowest BCUT2D eigenvalue weighted by Crippen LogP contribution is -2.43. The van der Waals surface area contributed by atoms with Gasteiger partial charge in [0.15, 0.2) is 11.5 Å². The van der Waals surface area contributed by atoms with E-state index in [2.05, 4.69) is 6.07 Å². The highest BCUT2D eigenvalue weighted by molar-refractivity contribution is 5.50. The highest BCUT2D eigenvalue weighted by Gasteiger charge is 2.38. The minimum atomic E-state index is -0.247. The molecule has 0 bridgehead atoms. The zero-order valence-electron chi connectivity index (χ0n) is 11.4. The molecule has 4 heteroatoms. The molecule has 1 aliphatic heterocycles. The van der Waals surface area contributed by atoms with Crippen LogP contribution in [-0.2, 0) is 10.3 Å². The van der Waals surface area contributed by atoms with E-state index in [1.807, 2.05) is 12.1 Å². The average molecular weight is 263 g/mol. The molecule has 0 aromatic heterocycles. The molecule has 1 aromatic carbocycles. The SMILES string of the molecule is COc1cccc(C2(N)CCC2)c1OC1CCOC1. The first-order chi connectivity index (χ1) is 9.23. The zero-order valence-corrected chi connectivity index (χ0v) is 11.4. The number of hydrogen-bond donors (Lipinski definition) is 1. The Morgan fingerprint density at radius 2 is 2.21 bits per heavy atom. The molecular formula is C15H21NO3. The Kier molecular flexibility index (Phi) is 3.37. The van der Waals surface area contributed by atoms with Crippen LogP contribution in [0.4, 0.5) is 0 Å². The van der Waals surface area contributed by atoms with E-state index in [-0.39, 0.29) is 11.6 Å². The van der Waals surface area contributed by atoms with Gasteiger partial charge in [-0.05, 0) is 25.3 Å². The van der Waals surface area contributed by atoms with Crippen molar-refractivity contribution in [1.29, 1.82) is 0 Å². The predicted octanol–water partition coefficient (Wildman–Crippen LogP) is 2.20. The average Bonchev–Trinajstić information content (AvgIpc) is 2.89. The fourth-order valence-corrected chi connectivity index (χ4v) is 2.79. The molecule has 1 aromatic rings. The molecule has 1 heterocycles. The van der Waals surface area contributed by atoms with Gasteiger partial charge in [-0.15, -0.1) is 0 Å². The molecule has 19 heavy (non-hydrogen) atoms. The van der Waals surface area contributed by atoms with E-state index in [1.165, 1.54) is 6.42 Å². The lowest BCUT2D eigenvalue weighted by Gasteiger charge is -2.40. The molecule has 1 unspecified atom stereocenters. The third kappa shape index (κ3) is 2.30. The summed E-state index contributed by atoms with van der Waals surface area (Å²) < 4.78 is 16.9. The maximum Gasteiger partial charge on any atom is 0.166 e. The van der Waals surface area contributed by atoms with Gasteiger partial charge in [0.2, 0.25) is 0 Å². The Balaban J connectivity index is 1.93. The molecule has 1 saturated heterocycles. The smallest absolute Gasteiger partial charge is 0.166 e. The van der Waals surface area contributed by atoms with Crippen molar-refractivity contribution >= 4 is 0 Å². The standard InChI is InChI=1S/C15H21NO3/c1-17-13-5-2-4-12(15(16)7-3-8-15)14(13)19-11-6-9-18-10-11/h2,4-5,11H,3,6-10,16H2,1H3. The molecule has 104 valence electrons. The number of ether oxygens (including phenoxy) is 3. The van der Waals surface area contributed by atoms with Crippen molar-refractivity contribution in [3.63, 3.8) is 0 Å². The highest BCUT2D eigenvalue weighted by Crippen LogP contribution is 2.46. The van der Waals surface area contributed by atoms with Crippen molar-refractivity contribution in [2.24, 2.45) is 5.73 Å². The topological polar surface area (TPSA) is 53.7 Å². The Morgan fingerprint density at radius 3 is 2.79 bits per heavy atom. The molecule has 0 spiro atoms. The van der Waals surface area contributed by atoms with Gasteiger partial charge in [0, 0.05) is 17.5 Å². The molecule has 1 atom stereocenters. The van der Waals surface area contributed by atoms with Gasteiger partial charge in [-0.3, -0.25) is 0 Å². The van der Waals surface area contributed by atoms with Crippen LogP contribution in [0.15, 0.2) is 18.2 Å². The van der Waals surface area contributed by atoms with Crippen LogP contribution in [0.5, 0.6) is 11.5 Å². The van der Waals surface area contributed by atoms with Crippen LogP contribution >= 0.6 is 0 Å². The second kappa shape index (κ2) is 5.02. The molecule has 2 aliphatic rings. The van der Waals surface area contributed by atoms with Gasteiger partial charge < -0.3 is 19.9 Å². The van der Waals surface area contributed by atoms with E-state index in [9.17, 15) is 0 Å². The summed E-state index contributed by atoms with van der Waals surface area (Å²) in [5.74, 6) is 1.57. The van der Waals surface area contributed by atoms with E-state index in [4.69, 9.17) is 19.9 Å². The zero-order chi connectivity index (χ0) is 13.3. The van der Waals surface area contributed by atoms with Crippen molar-refractivity contribution in [3.05, 3.63) is 23.8 Å². The van der Waals surface area contributed by atoms with Gasteiger partial charge in [-0.2, -0.15) is 0 Å². The number of para-hydroxylation sites is 1. The summed E-state index contributed by atoms with van der Waals surface area (Å²) in [6.07, 6.45) is 4.24. The quantitative estimate of drug-likeness (QED) is 0.904. The van der Waals surface area contributed by atoms with Crippen LogP contribution in [0.3, 0.4) is 0 Å². The molecule has 1 saturated carbocycles. The first kappa shape index (κ1) is 12.8. The molecule has 0 amide bonds. The van der Waals surface area contributed by atoms with Crippen molar-refractivity contribution in [3.8, 4) is 11.5 Å². The number of methoxy groups -OCH3 is 1. The van der Waals surface area contributed by atoms with E-state index in [0.717, 1.165) is 42.9 Å². The molecule has 2 fully saturated rings. The van der Waals surface area contributed by atoms with Gasteiger partial charge in [-0.1, -0.05) is 12.1 Å². The third-order valence-corrected chi connectivity index (χ3v) is 4.15. The summed E-state index contributed by atoms with van der Waals surface area (Å²) in [5.41, 5.74) is 7.28. The summed E-state index contributed by atoms with van der Waals surface area (Å²) in [6, 6.07) is 5.97. The van der Waals surface area contributed by atoms with Gasteiger partial charge in [0.05, 0.1) is 20.3 Å². The molecule has 0 radical (unpaired) electrons. The molecule has 3 rings (SSSR count). The Labute approximate surface area is 113 Å². The van der Waals surface area contributed by atoms with Crippen LogP contribution in [-0.4, -0.2) is 26.4 Å². The largest absolute Gasteiger partial charge is 0.493 e. The van der Waals surface area contributed by atoms with Crippen LogP contribution in [0.1, 0.15) is 31.2 Å².